The standard InChI is InChI=1S/C14H21NO2/c1-16-13-5-7-14(8-6-13)17-11-9-12-4-2-3-10-15-12/h5-8,12,15H,2-4,9-11H2,1H3. The van der Waals surface area contributed by atoms with Gasteiger partial charge >= 0.3 is 0 Å². The molecule has 1 atom stereocenters. The van der Waals surface area contributed by atoms with Crippen LogP contribution in [-0.2, 0) is 0 Å². The molecule has 1 aliphatic heterocycles. The van der Waals surface area contributed by atoms with E-state index in [9.17, 15) is 0 Å². The van der Waals surface area contributed by atoms with E-state index in [-0.39, 0.29) is 0 Å². The summed E-state index contributed by atoms with van der Waals surface area (Å²) in [4.78, 5) is 0. The summed E-state index contributed by atoms with van der Waals surface area (Å²) in [5.41, 5.74) is 0. The summed E-state index contributed by atoms with van der Waals surface area (Å²) < 4.78 is 10.8. The molecule has 0 amide bonds. The molecule has 1 heterocycles. The SMILES string of the molecule is COc1ccc(OCCC2CCCCN2)cc1. The first-order chi connectivity index (χ1) is 8.38. The second-order valence-electron chi connectivity index (χ2n) is 4.46. The largest absolute Gasteiger partial charge is 0.497 e. The zero-order valence-electron chi connectivity index (χ0n) is 10.4. The third-order valence-corrected chi connectivity index (χ3v) is 3.21. The maximum Gasteiger partial charge on any atom is 0.119 e. The van der Waals surface area contributed by atoms with Crippen LogP contribution in [-0.4, -0.2) is 26.3 Å². The molecule has 0 saturated carbocycles. The average molecular weight is 235 g/mol. The number of hydrogen-bond donors (Lipinski definition) is 1. The summed E-state index contributed by atoms with van der Waals surface area (Å²) in [5.74, 6) is 1.79. The lowest BCUT2D eigenvalue weighted by Crippen LogP contribution is -2.35. The van der Waals surface area contributed by atoms with Crippen LogP contribution >= 0.6 is 0 Å². The van der Waals surface area contributed by atoms with Gasteiger partial charge in [-0.15, -0.1) is 0 Å². The minimum absolute atomic E-state index is 0.641. The fraction of sp³-hybridized carbons (Fsp3) is 0.571. The molecule has 1 aromatic rings. The maximum absolute atomic E-state index is 5.71. The predicted molar refractivity (Wildman–Crippen MR) is 68.7 cm³/mol. The van der Waals surface area contributed by atoms with Gasteiger partial charge in [0.05, 0.1) is 13.7 Å². The predicted octanol–water partition coefficient (Wildman–Crippen LogP) is 2.61. The Kier molecular flexibility index (Phi) is 4.68. The number of rotatable bonds is 5. The van der Waals surface area contributed by atoms with Crippen molar-refractivity contribution in [3.63, 3.8) is 0 Å². The Morgan fingerprint density at radius 1 is 1.18 bits per heavy atom. The molecule has 3 nitrogen and oxygen atoms in total. The molecule has 1 saturated heterocycles. The zero-order chi connectivity index (χ0) is 11.9. The van der Waals surface area contributed by atoms with Crippen molar-refractivity contribution in [3.05, 3.63) is 24.3 Å². The van der Waals surface area contributed by atoms with Crippen molar-refractivity contribution in [2.45, 2.75) is 31.7 Å². The van der Waals surface area contributed by atoms with Crippen molar-refractivity contribution in [1.29, 1.82) is 0 Å². The Morgan fingerprint density at radius 3 is 2.59 bits per heavy atom. The molecule has 1 fully saturated rings. The van der Waals surface area contributed by atoms with Crippen LogP contribution in [0.3, 0.4) is 0 Å². The molecular formula is C14H21NO2. The van der Waals surface area contributed by atoms with E-state index in [1.165, 1.54) is 19.3 Å². The molecule has 1 unspecified atom stereocenters. The minimum atomic E-state index is 0.641. The molecule has 2 rings (SSSR count). The van der Waals surface area contributed by atoms with Gasteiger partial charge in [-0.1, -0.05) is 6.42 Å². The van der Waals surface area contributed by atoms with Crippen LogP contribution in [0.2, 0.25) is 0 Å². The van der Waals surface area contributed by atoms with E-state index in [0.717, 1.165) is 31.1 Å². The molecule has 0 bridgehead atoms. The number of nitrogens with one attached hydrogen (secondary N) is 1. The van der Waals surface area contributed by atoms with Crippen molar-refractivity contribution in [2.75, 3.05) is 20.3 Å². The first-order valence-electron chi connectivity index (χ1n) is 6.39. The normalized spacial score (nSPS) is 19.9. The molecule has 1 aliphatic rings. The molecule has 1 aromatic carbocycles. The topological polar surface area (TPSA) is 30.5 Å². The minimum Gasteiger partial charge on any atom is -0.497 e. The lowest BCUT2D eigenvalue weighted by Gasteiger charge is -2.23. The van der Waals surface area contributed by atoms with Gasteiger partial charge in [-0.2, -0.15) is 0 Å². The van der Waals surface area contributed by atoms with Gasteiger partial charge in [-0.05, 0) is 50.1 Å². The van der Waals surface area contributed by atoms with Gasteiger partial charge in [0.15, 0.2) is 0 Å². The summed E-state index contributed by atoms with van der Waals surface area (Å²) in [5, 5.41) is 3.52. The first-order valence-corrected chi connectivity index (χ1v) is 6.39. The lowest BCUT2D eigenvalue weighted by molar-refractivity contribution is 0.268. The van der Waals surface area contributed by atoms with Crippen LogP contribution in [0.25, 0.3) is 0 Å². The van der Waals surface area contributed by atoms with Gasteiger partial charge in [-0.25, -0.2) is 0 Å². The van der Waals surface area contributed by atoms with E-state index in [0.29, 0.717) is 6.04 Å². The summed E-state index contributed by atoms with van der Waals surface area (Å²) in [6.07, 6.45) is 5.04. The second-order valence-corrected chi connectivity index (χ2v) is 4.46. The molecule has 94 valence electrons. The monoisotopic (exact) mass is 235 g/mol. The van der Waals surface area contributed by atoms with E-state index in [4.69, 9.17) is 9.47 Å². The summed E-state index contributed by atoms with van der Waals surface area (Å²) >= 11 is 0. The van der Waals surface area contributed by atoms with Crippen LogP contribution < -0.4 is 14.8 Å². The number of hydrogen-bond acceptors (Lipinski definition) is 3. The number of ether oxygens (including phenoxy) is 2. The highest BCUT2D eigenvalue weighted by atomic mass is 16.5. The molecule has 3 heteroatoms. The molecule has 0 radical (unpaired) electrons. The number of benzene rings is 1. The van der Waals surface area contributed by atoms with Gasteiger partial charge in [0.1, 0.15) is 11.5 Å². The second kappa shape index (κ2) is 6.50. The van der Waals surface area contributed by atoms with Crippen molar-refractivity contribution in [1.82, 2.24) is 5.32 Å². The van der Waals surface area contributed by atoms with Crippen LogP contribution in [0, 0.1) is 0 Å². The summed E-state index contributed by atoms with van der Waals surface area (Å²) in [6.45, 7) is 1.94. The summed E-state index contributed by atoms with van der Waals surface area (Å²) in [6, 6.07) is 8.39. The fourth-order valence-corrected chi connectivity index (χ4v) is 2.16. The molecule has 17 heavy (non-hydrogen) atoms. The van der Waals surface area contributed by atoms with Gasteiger partial charge in [0.25, 0.3) is 0 Å². The van der Waals surface area contributed by atoms with Crippen LogP contribution in [0.5, 0.6) is 11.5 Å². The lowest BCUT2D eigenvalue weighted by atomic mass is 10.0. The van der Waals surface area contributed by atoms with Crippen molar-refractivity contribution < 1.29 is 9.47 Å². The van der Waals surface area contributed by atoms with Gasteiger partial charge in [0, 0.05) is 6.04 Å². The van der Waals surface area contributed by atoms with E-state index < -0.39 is 0 Å². The van der Waals surface area contributed by atoms with Crippen molar-refractivity contribution in [3.8, 4) is 11.5 Å². The third-order valence-electron chi connectivity index (χ3n) is 3.21. The highest BCUT2D eigenvalue weighted by Crippen LogP contribution is 2.17. The summed E-state index contributed by atoms with van der Waals surface area (Å²) in [7, 11) is 1.67. The van der Waals surface area contributed by atoms with E-state index in [1.54, 1.807) is 7.11 Å². The van der Waals surface area contributed by atoms with Crippen molar-refractivity contribution in [2.24, 2.45) is 0 Å². The molecule has 1 N–H and O–H groups in total. The molecule has 0 aromatic heterocycles. The van der Waals surface area contributed by atoms with Crippen LogP contribution in [0.4, 0.5) is 0 Å². The number of methoxy groups -OCH3 is 1. The van der Waals surface area contributed by atoms with Crippen molar-refractivity contribution >= 4 is 0 Å². The smallest absolute Gasteiger partial charge is 0.119 e. The van der Waals surface area contributed by atoms with E-state index in [1.807, 2.05) is 24.3 Å². The van der Waals surface area contributed by atoms with E-state index in [2.05, 4.69) is 5.32 Å². The van der Waals surface area contributed by atoms with Crippen LogP contribution in [0.1, 0.15) is 25.7 Å². The molecule has 0 spiro atoms. The Hall–Kier alpha value is -1.22. The van der Waals surface area contributed by atoms with Gasteiger partial charge < -0.3 is 14.8 Å². The number of piperidine rings is 1. The van der Waals surface area contributed by atoms with Gasteiger partial charge in [0.2, 0.25) is 0 Å². The van der Waals surface area contributed by atoms with Crippen LogP contribution in [0.15, 0.2) is 24.3 Å². The Morgan fingerprint density at radius 2 is 1.94 bits per heavy atom. The Bertz CT molecular complexity index is 317. The average Bonchev–Trinajstić information content (AvgIpc) is 2.41. The first kappa shape index (κ1) is 12.2. The zero-order valence-corrected chi connectivity index (χ0v) is 10.4. The third kappa shape index (κ3) is 3.93. The van der Waals surface area contributed by atoms with E-state index >= 15 is 0 Å². The quantitative estimate of drug-likeness (QED) is 0.851. The highest BCUT2D eigenvalue weighted by molar-refractivity contribution is 5.31. The fourth-order valence-electron chi connectivity index (χ4n) is 2.16. The molecular weight excluding hydrogens is 214 g/mol. The molecule has 0 aliphatic carbocycles. The Labute approximate surface area is 103 Å². The maximum atomic E-state index is 5.71. The van der Waals surface area contributed by atoms with Gasteiger partial charge in [-0.3, -0.25) is 0 Å². The Balaban J connectivity index is 1.69. The highest BCUT2D eigenvalue weighted by Gasteiger charge is 2.11.